The van der Waals surface area contributed by atoms with Gasteiger partial charge in [-0.2, -0.15) is 5.26 Å². The van der Waals surface area contributed by atoms with Crippen LogP contribution in [0.1, 0.15) is 12.8 Å². The summed E-state index contributed by atoms with van der Waals surface area (Å²) in [5, 5.41) is 16.6. The van der Waals surface area contributed by atoms with Crippen LogP contribution < -0.4 is 0 Å². The van der Waals surface area contributed by atoms with E-state index >= 15 is 0 Å². The first-order valence-corrected chi connectivity index (χ1v) is 3.63. The Kier molecular flexibility index (Phi) is 5.22. The van der Waals surface area contributed by atoms with Crippen LogP contribution in [0.3, 0.4) is 0 Å². The van der Waals surface area contributed by atoms with Gasteiger partial charge in [-0.05, 0) is 12.8 Å². The molecule has 0 aliphatic carbocycles. The third kappa shape index (κ3) is 4.40. The maximum atomic E-state index is 10.3. The molecule has 60 valence electrons. The molecule has 3 nitrogen and oxygen atoms in total. The monoisotopic (exact) mass is 173 g/mol. The van der Waals surface area contributed by atoms with Crippen LogP contribution in [0.2, 0.25) is 0 Å². The van der Waals surface area contributed by atoms with Gasteiger partial charge in [-0.25, -0.2) is 4.79 Å². The number of carboxylic acid groups (broad SMARTS) is 1. The predicted molar refractivity (Wildman–Crippen MR) is 41.3 cm³/mol. The Labute approximate surface area is 69.9 Å². The lowest BCUT2D eigenvalue weighted by atomic mass is 10.1. The minimum atomic E-state index is -1.04. The van der Waals surface area contributed by atoms with Crippen molar-refractivity contribution in [2.75, 3.05) is 5.88 Å². The molecule has 0 atom stereocenters. The second-order valence-electron chi connectivity index (χ2n) is 1.90. The number of nitrogens with zero attached hydrogens (tertiary/aromatic N) is 1. The van der Waals surface area contributed by atoms with Crippen LogP contribution in [-0.4, -0.2) is 17.0 Å². The molecule has 11 heavy (non-hydrogen) atoms. The first-order chi connectivity index (χ1) is 5.22. The molecule has 0 saturated heterocycles. The van der Waals surface area contributed by atoms with Crippen molar-refractivity contribution in [1.29, 1.82) is 5.26 Å². The zero-order chi connectivity index (χ0) is 8.69. The Hall–Kier alpha value is -1.01. The van der Waals surface area contributed by atoms with Crippen molar-refractivity contribution in [2.45, 2.75) is 12.8 Å². The van der Waals surface area contributed by atoms with Crippen LogP contribution in [0.15, 0.2) is 11.6 Å². The first kappa shape index (κ1) is 9.99. The van der Waals surface area contributed by atoms with Crippen molar-refractivity contribution in [3.8, 4) is 6.07 Å². The van der Waals surface area contributed by atoms with Gasteiger partial charge in [0.15, 0.2) is 0 Å². The standard InChI is InChI=1S/C7H8ClNO2/c8-4-1-2-6(3-5-9)7(10)11/h3H,1-2,4H2,(H,10,11). The van der Waals surface area contributed by atoms with Crippen LogP contribution in [-0.2, 0) is 4.79 Å². The fraction of sp³-hybridized carbons (Fsp3) is 0.429. The number of rotatable bonds is 4. The van der Waals surface area contributed by atoms with Gasteiger partial charge in [-0.1, -0.05) is 0 Å². The highest BCUT2D eigenvalue weighted by Gasteiger charge is 2.05. The van der Waals surface area contributed by atoms with Crippen molar-refractivity contribution in [3.63, 3.8) is 0 Å². The van der Waals surface area contributed by atoms with E-state index in [-0.39, 0.29) is 5.57 Å². The van der Waals surface area contributed by atoms with Gasteiger partial charge in [0.1, 0.15) is 0 Å². The molecule has 0 amide bonds. The summed E-state index contributed by atoms with van der Waals surface area (Å²) < 4.78 is 0. The number of nitriles is 1. The molecular weight excluding hydrogens is 166 g/mol. The van der Waals surface area contributed by atoms with E-state index in [4.69, 9.17) is 22.0 Å². The van der Waals surface area contributed by atoms with Gasteiger partial charge in [0.05, 0.1) is 6.07 Å². The van der Waals surface area contributed by atoms with Crippen LogP contribution in [0.25, 0.3) is 0 Å². The summed E-state index contributed by atoms with van der Waals surface area (Å²) >= 11 is 5.35. The van der Waals surface area contributed by atoms with Crippen LogP contribution in [0.5, 0.6) is 0 Å². The Morgan fingerprint density at radius 3 is 2.73 bits per heavy atom. The highest BCUT2D eigenvalue weighted by atomic mass is 35.5. The highest BCUT2D eigenvalue weighted by Crippen LogP contribution is 2.05. The maximum absolute atomic E-state index is 10.3. The number of halogens is 1. The third-order valence-corrected chi connectivity index (χ3v) is 1.36. The molecule has 1 N–H and O–H groups in total. The number of hydrogen-bond donors (Lipinski definition) is 1. The minimum Gasteiger partial charge on any atom is -0.478 e. The quantitative estimate of drug-likeness (QED) is 0.399. The molecule has 0 rings (SSSR count). The molecule has 0 aromatic rings. The lowest BCUT2D eigenvalue weighted by Crippen LogP contribution is -2.00. The summed E-state index contributed by atoms with van der Waals surface area (Å²) in [7, 11) is 0. The van der Waals surface area contributed by atoms with E-state index < -0.39 is 5.97 Å². The topological polar surface area (TPSA) is 61.1 Å². The minimum absolute atomic E-state index is 0.119. The molecule has 4 heteroatoms. The van der Waals surface area contributed by atoms with Crippen molar-refractivity contribution in [3.05, 3.63) is 11.6 Å². The van der Waals surface area contributed by atoms with E-state index in [1.54, 1.807) is 6.07 Å². The summed E-state index contributed by atoms with van der Waals surface area (Å²) in [6.07, 6.45) is 1.97. The van der Waals surface area contributed by atoms with Crippen molar-refractivity contribution < 1.29 is 9.90 Å². The average molecular weight is 174 g/mol. The van der Waals surface area contributed by atoms with E-state index in [0.29, 0.717) is 18.7 Å². The lowest BCUT2D eigenvalue weighted by molar-refractivity contribution is -0.132. The normalized spacial score (nSPS) is 10.7. The van der Waals surface area contributed by atoms with Crippen LogP contribution in [0.4, 0.5) is 0 Å². The van der Waals surface area contributed by atoms with Gasteiger partial charge in [-0.15, -0.1) is 11.6 Å². The van der Waals surface area contributed by atoms with Gasteiger partial charge in [0.25, 0.3) is 0 Å². The Balaban J connectivity index is 4.04. The van der Waals surface area contributed by atoms with E-state index in [9.17, 15) is 4.79 Å². The second kappa shape index (κ2) is 5.75. The molecule has 0 spiro atoms. The third-order valence-electron chi connectivity index (χ3n) is 1.09. The summed E-state index contributed by atoms with van der Waals surface area (Å²) in [5.74, 6) is -0.632. The zero-order valence-corrected chi connectivity index (χ0v) is 6.64. The smallest absolute Gasteiger partial charge is 0.332 e. The number of hydrogen-bond acceptors (Lipinski definition) is 2. The molecule has 0 unspecified atom stereocenters. The number of aliphatic carboxylic acids is 1. The summed E-state index contributed by atoms with van der Waals surface area (Å²) in [6.45, 7) is 0. The molecular formula is C7H8ClNO2. The maximum Gasteiger partial charge on any atom is 0.332 e. The van der Waals surface area contributed by atoms with Gasteiger partial charge in [-0.3, -0.25) is 0 Å². The average Bonchev–Trinajstić information content (AvgIpc) is 1.97. The molecule has 0 aliphatic heterocycles. The van der Waals surface area contributed by atoms with Crippen molar-refractivity contribution in [1.82, 2.24) is 0 Å². The summed E-state index contributed by atoms with van der Waals surface area (Å²) in [4.78, 5) is 10.3. The first-order valence-electron chi connectivity index (χ1n) is 3.10. The van der Waals surface area contributed by atoms with Gasteiger partial charge < -0.3 is 5.11 Å². The Morgan fingerprint density at radius 1 is 1.73 bits per heavy atom. The van der Waals surface area contributed by atoms with E-state index in [1.165, 1.54) is 0 Å². The van der Waals surface area contributed by atoms with Crippen LogP contribution >= 0.6 is 11.6 Å². The second-order valence-corrected chi connectivity index (χ2v) is 2.27. The number of carbonyl (C=O) groups is 1. The lowest BCUT2D eigenvalue weighted by Gasteiger charge is -1.95. The highest BCUT2D eigenvalue weighted by molar-refractivity contribution is 6.17. The Morgan fingerprint density at radius 2 is 2.36 bits per heavy atom. The van der Waals surface area contributed by atoms with Gasteiger partial charge >= 0.3 is 5.97 Å². The zero-order valence-electron chi connectivity index (χ0n) is 5.88. The van der Waals surface area contributed by atoms with Crippen molar-refractivity contribution >= 4 is 17.6 Å². The SMILES string of the molecule is N#CC=C(CCCCl)C(=O)O. The summed E-state index contributed by atoms with van der Waals surface area (Å²) in [5.41, 5.74) is 0.119. The van der Waals surface area contributed by atoms with E-state index in [2.05, 4.69) is 0 Å². The fourth-order valence-corrected chi connectivity index (χ4v) is 0.710. The molecule has 0 saturated carbocycles. The molecule has 0 radical (unpaired) electrons. The molecule has 0 heterocycles. The van der Waals surface area contributed by atoms with Gasteiger partial charge in [0.2, 0.25) is 0 Å². The summed E-state index contributed by atoms with van der Waals surface area (Å²) in [6, 6.07) is 1.67. The molecule has 0 aromatic heterocycles. The Bertz CT molecular complexity index is 205. The van der Waals surface area contributed by atoms with E-state index in [0.717, 1.165) is 6.08 Å². The number of allylic oxidation sites excluding steroid dienone is 1. The number of alkyl halides is 1. The predicted octanol–water partition coefficient (Wildman–Crippen LogP) is 1.54. The van der Waals surface area contributed by atoms with Gasteiger partial charge in [0, 0.05) is 17.5 Å². The largest absolute Gasteiger partial charge is 0.478 e. The van der Waals surface area contributed by atoms with Crippen LogP contribution in [0, 0.1) is 11.3 Å². The molecule has 0 fully saturated rings. The van der Waals surface area contributed by atoms with E-state index in [1.807, 2.05) is 0 Å². The molecule has 0 bridgehead atoms. The van der Waals surface area contributed by atoms with Crippen molar-refractivity contribution in [2.24, 2.45) is 0 Å². The molecule has 0 aromatic carbocycles. The number of carboxylic acids is 1. The fourth-order valence-electron chi connectivity index (χ4n) is 0.576. The molecule has 0 aliphatic rings.